The molecule has 0 saturated carbocycles. The van der Waals surface area contributed by atoms with Crippen LogP contribution in [0.3, 0.4) is 0 Å². The summed E-state index contributed by atoms with van der Waals surface area (Å²) in [6, 6.07) is 2.51. The molecule has 1 aromatic heterocycles. The molecule has 0 radical (unpaired) electrons. The largest absolute Gasteiger partial charge is 0.416 e. The molecule has 1 aliphatic heterocycles. The Kier molecular flexibility index (Phi) is 4.22. The summed E-state index contributed by atoms with van der Waals surface area (Å²) < 4.78 is 44.8. The lowest BCUT2D eigenvalue weighted by Crippen LogP contribution is -2.49. The Morgan fingerprint density at radius 2 is 2.08 bits per heavy atom. The lowest BCUT2D eigenvalue weighted by atomic mass is 10.1. The summed E-state index contributed by atoms with van der Waals surface area (Å²) >= 11 is 0. The Bertz CT molecular complexity index is 872. The van der Waals surface area contributed by atoms with Gasteiger partial charge in [0.15, 0.2) is 0 Å². The molecule has 1 aromatic carbocycles. The van der Waals surface area contributed by atoms with Gasteiger partial charge in [-0.3, -0.25) is 14.3 Å². The zero-order valence-electron chi connectivity index (χ0n) is 12.9. The molecule has 2 aromatic rings. The van der Waals surface area contributed by atoms with E-state index in [1.165, 1.54) is 0 Å². The minimum absolute atomic E-state index is 0.0524. The first-order valence-electron chi connectivity index (χ1n) is 7.39. The Labute approximate surface area is 134 Å². The van der Waals surface area contributed by atoms with Crippen molar-refractivity contribution in [3.63, 3.8) is 0 Å². The predicted molar refractivity (Wildman–Crippen MR) is 81.1 cm³/mol. The van der Waals surface area contributed by atoms with Gasteiger partial charge < -0.3 is 9.72 Å². The fourth-order valence-corrected chi connectivity index (χ4v) is 2.73. The molecule has 0 spiro atoms. The number of H-pyrrole nitrogens is 1. The summed E-state index contributed by atoms with van der Waals surface area (Å²) in [5.41, 5.74) is -2.23. The maximum Gasteiger partial charge on any atom is 0.416 e. The molecular formula is C15H16F3N3O3. The maximum atomic E-state index is 12.8. The molecule has 2 heterocycles. The van der Waals surface area contributed by atoms with Crippen LogP contribution in [0.2, 0.25) is 0 Å². The van der Waals surface area contributed by atoms with Gasteiger partial charge in [-0.05, 0) is 25.2 Å². The van der Waals surface area contributed by atoms with Gasteiger partial charge in [0, 0.05) is 13.1 Å². The monoisotopic (exact) mass is 343 g/mol. The molecule has 130 valence electrons. The fourth-order valence-electron chi connectivity index (χ4n) is 2.73. The number of aromatic amines is 1. The van der Waals surface area contributed by atoms with E-state index in [1.54, 1.807) is 0 Å². The average molecular weight is 343 g/mol. The van der Waals surface area contributed by atoms with Crippen molar-refractivity contribution < 1.29 is 17.9 Å². The second-order valence-electron chi connectivity index (χ2n) is 5.81. The van der Waals surface area contributed by atoms with Crippen molar-refractivity contribution in [2.45, 2.75) is 18.8 Å². The van der Waals surface area contributed by atoms with Crippen LogP contribution in [0.5, 0.6) is 0 Å². The molecule has 0 bridgehead atoms. The first-order chi connectivity index (χ1) is 11.3. The highest BCUT2D eigenvalue weighted by Gasteiger charge is 2.31. The van der Waals surface area contributed by atoms with Crippen molar-refractivity contribution in [1.29, 1.82) is 0 Å². The van der Waals surface area contributed by atoms with Crippen LogP contribution in [0.25, 0.3) is 10.9 Å². The van der Waals surface area contributed by atoms with Crippen LogP contribution in [0, 0.1) is 0 Å². The zero-order chi connectivity index (χ0) is 17.5. The van der Waals surface area contributed by atoms with Gasteiger partial charge in [-0.25, -0.2) is 4.79 Å². The van der Waals surface area contributed by atoms with Crippen LogP contribution in [-0.4, -0.2) is 47.3 Å². The van der Waals surface area contributed by atoms with Crippen molar-refractivity contribution >= 4 is 10.9 Å². The van der Waals surface area contributed by atoms with Gasteiger partial charge in [0.1, 0.15) is 0 Å². The molecule has 1 saturated heterocycles. The Morgan fingerprint density at radius 3 is 2.75 bits per heavy atom. The highest BCUT2D eigenvalue weighted by molar-refractivity contribution is 5.78. The molecule has 0 aliphatic carbocycles. The van der Waals surface area contributed by atoms with Crippen molar-refractivity contribution in [3.8, 4) is 0 Å². The van der Waals surface area contributed by atoms with Crippen molar-refractivity contribution in [2.75, 3.05) is 26.8 Å². The Balaban J connectivity index is 2.08. The number of ether oxygens (including phenoxy) is 1. The van der Waals surface area contributed by atoms with Gasteiger partial charge in [-0.15, -0.1) is 0 Å². The van der Waals surface area contributed by atoms with Gasteiger partial charge in [0.2, 0.25) is 0 Å². The third kappa shape index (κ3) is 3.09. The lowest BCUT2D eigenvalue weighted by Gasteiger charge is -2.32. The lowest BCUT2D eigenvalue weighted by molar-refractivity contribution is -0.137. The van der Waals surface area contributed by atoms with E-state index in [-0.39, 0.29) is 23.5 Å². The third-order valence-corrected chi connectivity index (χ3v) is 4.22. The standard InChI is InChI=1S/C15H16F3N3O3/c1-20-4-5-24-8-10(20)7-21-13(22)11-6-9(15(16,17)18)2-3-12(11)19-14(21)23/h2-3,6,10H,4-5,7-8H2,1H3,(H,19,23). The number of halogens is 3. The summed E-state index contributed by atoms with van der Waals surface area (Å²) in [4.78, 5) is 29.1. The van der Waals surface area contributed by atoms with E-state index in [1.807, 2.05) is 11.9 Å². The van der Waals surface area contributed by atoms with Gasteiger partial charge in [0.25, 0.3) is 5.56 Å². The summed E-state index contributed by atoms with van der Waals surface area (Å²) in [7, 11) is 1.84. The number of morpholine rings is 1. The van der Waals surface area contributed by atoms with E-state index in [9.17, 15) is 22.8 Å². The molecule has 1 fully saturated rings. The van der Waals surface area contributed by atoms with Crippen LogP contribution in [0.15, 0.2) is 27.8 Å². The number of alkyl halides is 3. The van der Waals surface area contributed by atoms with Crippen LogP contribution in [-0.2, 0) is 17.5 Å². The molecule has 9 heteroatoms. The van der Waals surface area contributed by atoms with E-state index >= 15 is 0 Å². The molecule has 0 amide bonds. The second-order valence-corrected chi connectivity index (χ2v) is 5.81. The summed E-state index contributed by atoms with van der Waals surface area (Å²) in [5.74, 6) is 0. The van der Waals surface area contributed by atoms with Crippen LogP contribution in [0.1, 0.15) is 5.56 Å². The fraction of sp³-hybridized carbons (Fsp3) is 0.467. The minimum Gasteiger partial charge on any atom is -0.378 e. The summed E-state index contributed by atoms with van der Waals surface area (Å²) in [6.07, 6.45) is -4.56. The molecule has 6 nitrogen and oxygen atoms in total. The Hall–Kier alpha value is -2.13. The molecule has 1 unspecified atom stereocenters. The molecular weight excluding hydrogens is 327 g/mol. The number of benzene rings is 1. The van der Waals surface area contributed by atoms with E-state index in [0.717, 1.165) is 22.8 Å². The number of fused-ring (bicyclic) bond motifs is 1. The number of hydrogen-bond donors (Lipinski definition) is 1. The number of nitrogens with zero attached hydrogens (tertiary/aromatic N) is 2. The molecule has 24 heavy (non-hydrogen) atoms. The van der Waals surface area contributed by atoms with Gasteiger partial charge >= 0.3 is 11.9 Å². The quantitative estimate of drug-likeness (QED) is 0.885. The molecule has 3 rings (SSSR count). The highest BCUT2D eigenvalue weighted by atomic mass is 19.4. The first-order valence-corrected chi connectivity index (χ1v) is 7.39. The summed E-state index contributed by atoms with van der Waals surface area (Å²) in [6.45, 7) is 1.62. The molecule has 1 aliphatic rings. The minimum atomic E-state index is -4.56. The first kappa shape index (κ1) is 16.7. The highest BCUT2D eigenvalue weighted by Crippen LogP contribution is 2.30. The Morgan fingerprint density at radius 1 is 1.33 bits per heavy atom. The van der Waals surface area contributed by atoms with Gasteiger partial charge in [0.05, 0.1) is 35.7 Å². The smallest absolute Gasteiger partial charge is 0.378 e. The number of likely N-dealkylation sites (N-methyl/N-ethyl adjacent to an activating group) is 1. The maximum absolute atomic E-state index is 12.8. The molecule has 1 N–H and O–H groups in total. The summed E-state index contributed by atoms with van der Waals surface area (Å²) in [5, 5.41) is -0.163. The van der Waals surface area contributed by atoms with E-state index in [4.69, 9.17) is 4.74 Å². The SMILES string of the molecule is CN1CCOCC1Cn1c(=O)[nH]c2ccc(C(F)(F)F)cc2c1=O. The topological polar surface area (TPSA) is 67.3 Å². The van der Waals surface area contributed by atoms with Crippen molar-refractivity contribution in [1.82, 2.24) is 14.5 Å². The number of hydrogen-bond acceptors (Lipinski definition) is 4. The van der Waals surface area contributed by atoms with Crippen LogP contribution < -0.4 is 11.2 Å². The van der Waals surface area contributed by atoms with Crippen LogP contribution in [0.4, 0.5) is 13.2 Å². The predicted octanol–water partition coefficient (Wildman–Crippen LogP) is 1.04. The average Bonchev–Trinajstić information content (AvgIpc) is 2.52. The van der Waals surface area contributed by atoms with E-state index in [0.29, 0.717) is 19.8 Å². The zero-order valence-corrected chi connectivity index (χ0v) is 12.9. The second kappa shape index (κ2) is 6.06. The normalized spacial score (nSPS) is 19.8. The number of nitrogens with one attached hydrogen (secondary N) is 1. The third-order valence-electron chi connectivity index (χ3n) is 4.22. The molecule has 1 atom stereocenters. The van der Waals surface area contributed by atoms with Gasteiger partial charge in [-0.2, -0.15) is 13.2 Å². The van der Waals surface area contributed by atoms with Crippen molar-refractivity contribution in [2.24, 2.45) is 0 Å². The van der Waals surface area contributed by atoms with Gasteiger partial charge in [-0.1, -0.05) is 0 Å². The number of rotatable bonds is 2. The van der Waals surface area contributed by atoms with E-state index < -0.39 is 23.0 Å². The van der Waals surface area contributed by atoms with Crippen LogP contribution >= 0.6 is 0 Å². The van der Waals surface area contributed by atoms with Crippen molar-refractivity contribution in [3.05, 3.63) is 44.6 Å². The number of aromatic nitrogens is 2. The van der Waals surface area contributed by atoms with E-state index in [2.05, 4.69) is 4.98 Å².